The van der Waals surface area contributed by atoms with Crippen LogP contribution < -0.4 is 0 Å². The van der Waals surface area contributed by atoms with Gasteiger partial charge in [0.15, 0.2) is 5.78 Å². The maximum atomic E-state index is 11.8. The van der Waals surface area contributed by atoms with E-state index in [1.807, 2.05) is 30.3 Å². The molecular formula is C15H18O5. The minimum Gasteiger partial charge on any atom is -0.388 e. The molecule has 0 radical (unpaired) electrons. The fourth-order valence-electron chi connectivity index (χ4n) is 2.07. The van der Waals surface area contributed by atoms with Crippen LogP contribution in [0.3, 0.4) is 0 Å². The van der Waals surface area contributed by atoms with E-state index >= 15 is 0 Å². The molecule has 0 saturated carbocycles. The van der Waals surface area contributed by atoms with Gasteiger partial charge in [0.05, 0.1) is 12.7 Å². The zero-order chi connectivity index (χ0) is 14.5. The summed E-state index contributed by atoms with van der Waals surface area (Å²) in [5.74, 6) is -0.207. The van der Waals surface area contributed by atoms with E-state index in [4.69, 9.17) is 4.74 Å². The first kappa shape index (κ1) is 14.9. The van der Waals surface area contributed by atoms with Gasteiger partial charge >= 0.3 is 0 Å². The minimum atomic E-state index is -1.28. The van der Waals surface area contributed by atoms with E-state index in [0.29, 0.717) is 0 Å². The Labute approximate surface area is 117 Å². The molecule has 1 fully saturated rings. The Bertz CT molecular complexity index is 470. The van der Waals surface area contributed by atoms with Crippen LogP contribution in [0.5, 0.6) is 0 Å². The molecule has 3 N–H and O–H groups in total. The second-order valence-corrected chi connectivity index (χ2v) is 4.83. The van der Waals surface area contributed by atoms with Crippen LogP contribution in [0.2, 0.25) is 0 Å². The number of carbonyl (C=O) groups is 1. The molecule has 0 spiro atoms. The first-order valence-corrected chi connectivity index (χ1v) is 6.49. The van der Waals surface area contributed by atoms with E-state index in [0.717, 1.165) is 5.56 Å². The van der Waals surface area contributed by atoms with Crippen LogP contribution in [0, 0.1) is 0 Å². The Kier molecular flexibility index (Phi) is 5.03. The number of ketones is 1. The molecule has 108 valence electrons. The van der Waals surface area contributed by atoms with Crippen LogP contribution in [0.25, 0.3) is 6.08 Å². The van der Waals surface area contributed by atoms with Crippen molar-refractivity contribution in [3.8, 4) is 0 Å². The van der Waals surface area contributed by atoms with Crippen LogP contribution in [-0.2, 0) is 9.53 Å². The number of benzene rings is 1. The van der Waals surface area contributed by atoms with Crippen molar-refractivity contribution in [2.75, 3.05) is 6.61 Å². The van der Waals surface area contributed by atoms with Crippen molar-refractivity contribution in [3.05, 3.63) is 42.0 Å². The second kappa shape index (κ2) is 6.76. The molecule has 5 nitrogen and oxygen atoms in total. The van der Waals surface area contributed by atoms with E-state index in [1.54, 1.807) is 6.08 Å². The third-order valence-electron chi connectivity index (χ3n) is 3.27. The number of hydrogen-bond donors (Lipinski definition) is 3. The van der Waals surface area contributed by atoms with Crippen molar-refractivity contribution in [3.63, 3.8) is 0 Å². The van der Waals surface area contributed by atoms with Crippen LogP contribution in [0.15, 0.2) is 36.4 Å². The highest BCUT2D eigenvalue weighted by Crippen LogP contribution is 2.18. The monoisotopic (exact) mass is 278 g/mol. The lowest BCUT2D eigenvalue weighted by Crippen LogP contribution is -2.53. The predicted molar refractivity (Wildman–Crippen MR) is 72.9 cm³/mol. The summed E-state index contributed by atoms with van der Waals surface area (Å²) >= 11 is 0. The molecule has 4 atom stereocenters. The molecule has 1 aliphatic rings. The number of aliphatic hydroxyl groups excluding tert-OH is 3. The van der Waals surface area contributed by atoms with Crippen molar-refractivity contribution in [1.82, 2.24) is 0 Å². The summed E-state index contributed by atoms with van der Waals surface area (Å²) in [7, 11) is 0. The highest BCUT2D eigenvalue weighted by molar-refractivity contribution is 5.93. The molecule has 1 aromatic rings. The maximum absolute atomic E-state index is 11.8. The molecule has 1 aromatic carbocycles. The first-order chi connectivity index (χ1) is 9.58. The Morgan fingerprint density at radius 1 is 1.20 bits per heavy atom. The first-order valence-electron chi connectivity index (χ1n) is 6.49. The summed E-state index contributed by atoms with van der Waals surface area (Å²) in [5.41, 5.74) is 0.904. The molecule has 1 aliphatic heterocycles. The standard InChI is InChI=1S/C15H18O5/c16-11(7-6-10-4-2-1-3-5-10)8-13-15(19)14(18)12(17)9-20-13/h1-7,12-15,17-19H,8-9H2. The normalized spacial score (nSPS) is 30.6. The van der Waals surface area contributed by atoms with Crippen molar-refractivity contribution < 1.29 is 24.9 Å². The highest BCUT2D eigenvalue weighted by atomic mass is 16.5. The number of hydrogen-bond acceptors (Lipinski definition) is 5. The second-order valence-electron chi connectivity index (χ2n) is 4.83. The lowest BCUT2D eigenvalue weighted by Gasteiger charge is -2.34. The molecule has 2 rings (SSSR count). The third kappa shape index (κ3) is 3.74. The van der Waals surface area contributed by atoms with Gasteiger partial charge in [0.1, 0.15) is 18.3 Å². The number of rotatable bonds is 4. The van der Waals surface area contributed by atoms with Gasteiger partial charge in [-0.2, -0.15) is 0 Å². The number of carbonyl (C=O) groups excluding carboxylic acids is 1. The smallest absolute Gasteiger partial charge is 0.158 e. The van der Waals surface area contributed by atoms with Gasteiger partial charge in [0, 0.05) is 6.42 Å². The molecule has 0 bridgehead atoms. The van der Waals surface area contributed by atoms with E-state index in [1.165, 1.54) is 6.08 Å². The number of aliphatic hydroxyl groups is 3. The van der Waals surface area contributed by atoms with Crippen LogP contribution in [0.4, 0.5) is 0 Å². The molecule has 4 unspecified atom stereocenters. The molecule has 1 saturated heterocycles. The SMILES string of the molecule is O=C(C=Cc1ccccc1)CC1OCC(O)C(O)C1O. The average Bonchev–Trinajstić information content (AvgIpc) is 2.47. The van der Waals surface area contributed by atoms with Gasteiger partial charge in [0.2, 0.25) is 0 Å². The third-order valence-corrected chi connectivity index (χ3v) is 3.27. The van der Waals surface area contributed by atoms with Crippen molar-refractivity contribution >= 4 is 11.9 Å². The van der Waals surface area contributed by atoms with E-state index in [9.17, 15) is 20.1 Å². The van der Waals surface area contributed by atoms with Crippen LogP contribution in [0.1, 0.15) is 12.0 Å². The topological polar surface area (TPSA) is 87.0 Å². The summed E-state index contributed by atoms with van der Waals surface area (Å²) in [6.07, 6.45) is -1.37. The fourth-order valence-corrected chi connectivity index (χ4v) is 2.07. The molecule has 0 aliphatic carbocycles. The molecular weight excluding hydrogens is 260 g/mol. The van der Waals surface area contributed by atoms with Gasteiger partial charge in [0.25, 0.3) is 0 Å². The van der Waals surface area contributed by atoms with Gasteiger partial charge in [-0.05, 0) is 11.6 Å². The van der Waals surface area contributed by atoms with Gasteiger partial charge in [-0.25, -0.2) is 0 Å². The maximum Gasteiger partial charge on any atom is 0.158 e. The Hall–Kier alpha value is -1.53. The number of ether oxygens (including phenoxy) is 1. The van der Waals surface area contributed by atoms with Crippen LogP contribution in [-0.4, -0.2) is 52.1 Å². The van der Waals surface area contributed by atoms with Crippen molar-refractivity contribution in [1.29, 1.82) is 0 Å². The number of allylic oxidation sites excluding steroid dienone is 1. The molecule has 5 heteroatoms. The quantitative estimate of drug-likeness (QED) is 0.682. The summed E-state index contributed by atoms with van der Waals surface area (Å²) < 4.78 is 5.18. The Morgan fingerprint density at radius 2 is 1.90 bits per heavy atom. The largest absolute Gasteiger partial charge is 0.388 e. The van der Waals surface area contributed by atoms with Gasteiger partial charge in [-0.1, -0.05) is 36.4 Å². The van der Waals surface area contributed by atoms with Gasteiger partial charge in [-0.15, -0.1) is 0 Å². The fraction of sp³-hybridized carbons (Fsp3) is 0.400. The predicted octanol–water partition coefficient (Wildman–Crippen LogP) is 0.141. The molecule has 1 heterocycles. The average molecular weight is 278 g/mol. The zero-order valence-corrected chi connectivity index (χ0v) is 10.9. The summed E-state index contributed by atoms with van der Waals surface area (Å²) in [5, 5.41) is 28.6. The van der Waals surface area contributed by atoms with Crippen molar-refractivity contribution in [2.24, 2.45) is 0 Å². The Morgan fingerprint density at radius 3 is 2.60 bits per heavy atom. The zero-order valence-electron chi connectivity index (χ0n) is 10.9. The molecule has 20 heavy (non-hydrogen) atoms. The van der Waals surface area contributed by atoms with Crippen molar-refractivity contribution in [2.45, 2.75) is 30.8 Å². The lowest BCUT2D eigenvalue weighted by molar-refractivity contribution is -0.188. The van der Waals surface area contributed by atoms with E-state index in [2.05, 4.69) is 0 Å². The summed E-state index contributed by atoms with van der Waals surface area (Å²) in [6.45, 7) is -0.0847. The minimum absolute atomic E-state index is 0.0335. The summed E-state index contributed by atoms with van der Waals surface area (Å²) in [4.78, 5) is 11.8. The lowest BCUT2D eigenvalue weighted by atomic mass is 9.96. The van der Waals surface area contributed by atoms with E-state index < -0.39 is 24.4 Å². The molecule has 0 amide bonds. The Balaban J connectivity index is 1.90. The van der Waals surface area contributed by atoms with Gasteiger partial charge < -0.3 is 20.1 Å². The van der Waals surface area contributed by atoms with Gasteiger partial charge in [-0.3, -0.25) is 4.79 Å². The van der Waals surface area contributed by atoms with Crippen LogP contribution >= 0.6 is 0 Å². The van der Waals surface area contributed by atoms with E-state index in [-0.39, 0.29) is 18.8 Å². The molecule has 0 aromatic heterocycles. The summed E-state index contributed by atoms with van der Waals surface area (Å²) in [6, 6.07) is 9.37. The highest BCUT2D eigenvalue weighted by Gasteiger charge is 2.37.